The van der Waals surface area contributed by atoms with Crippen molar-refractivity contribution < 1.29 is 32.9 Å². The van der Waals surface area contributed by atoms with Crippen LogP contribution in [0, 0.1) is 0 Å². The highest BCUT2D eigenvalue weighted by Crippen LogP contribution is 2.34. The number of rotatable bonds is 5. The fourth-order valence-electron chi connectivity index (χ4n) is 1.65. The highest BCUT2D eigenvalue weighted by atomic mass is 35.5. The summed E-state index contributed by atoms with van der Waals surface area (Å²) in [5.41, 5.74) is -1.07. The van der Waals surface area contributed by atoms with Gasteiger partial charge in [-0.05, 0) is 19.1 Å². The first-order valence-electron chi connectivity index (χ1n) is 6.05. The molecular weight excluding hydrogens is 313 g/mol. The minimum atomic E-state index is -4.56. The predicted molar refractivity (Wildman–Crippen MR) is 68.7 cm³/mol. The number of halogens is 4. The van der Waals surface area contributed by atoms with Gasteiger partial charge in [0.15, 0.2) is 0 Å². The largest absolute Gasteiger partial charge is 0.466 e. The number of aliphatic hydroxyl groups excluding tert-OH is 2. The number of carbonyl (C=O) groups is 1. The second-order valence-corrected chi connectivity index (χ2v) is 4.66. The van der Waals surface area contributed by atoms with E-state index in [1.807, 2.05) is 0 Å². The second kappa shape index (κ2) is 7.11. The molecule has 4 nitrogen and oxygen atoms in total. The predicted octanol–water partition coefficient (Wildman–Crippen LogP) is 2.71. The number of esters is 1. The maximum atomic E-state index is 12.5. The van der Waals surface area contributed by atoms with Crippen molar-refractivity contribution in [2.45, 2.75) is 31.7 Å². The van der Waals surface area contributed by atoms with Crippen LogP contribution >= 0.6 is 11.6 Å². The van der Waals surface area contributed by atoms with Crippen LogP contribution in [0.25, 0.3) is 0 Å². The Balaban J connectivity index is 2.87. The van der Waals surface area contributed by atoms with Gasteiger partial charge in [0.1, 0.15) is 6.10 Å². The fraction of sp³-hybridized carbons (Fsp3) is 0.462. The topological polar surface area (TPSA) is 66.8 Å². The molecule has 0 aliphatic heterocycles. The summed E-state index contributed by atoms with van der Waals surface area (Å²) < 4.78 is 42.1. The van der Waals surface area contributed by atoms with E-state index in [1.165, 1.54) is 0 Å². The average molecular weight is 327 g/mol. The van der Waals surface area contributed by atoms with E-state index in [1.54, 1.807) is 6.92 Å². The van der Waals surface area contributed by atoms with Crippen LogP contribution in [0.2, 0.25) is 5.02 Å². The SMILES string of the molecule is CCOC(=O)CC(O)C(O)c1ccc(C(F)(F)F)cc1Cl. The third-order valence-corrected chi connectivity index (χ3v) is 3.02. The summed E-state index contributed by atoms with van der Waals surface area (Å²) in [6.45, 7) is 1.69. The second-order valence-electron chi connectivity index (χ2n) is 4.26. The highest BCUT2D eigenvalue weighted by Gasteiger charge is 2.32. The van der Waals surface area contributed by atoms with Crippen molar-refractivity contribution in [2.24, 2.45) is 0 Å². The molecule has 0 aliphatic carbocycles. The van der Waals surface area contributed by atoms with Gasteiger partial charge in [-0.25, -0.2) is 0 Å². The summed E-state index contributed by atoms with van der Waals surface area (Å²) in [5.74, 6) is -0.730. The van der Waals surface area contributed by atoms with E-state index in [0.29, 0.717) is 6.07 Å². The number of aliphatic hydroxyl groups is 2. The molecule has 8 heteroatoms. The zero-order valence-corrected chi connectivity index (χ0v) is 11.8. The number of hydrogen-bond donors (Lipinski definition) is 2. The van der Waals surface area contributed by atoms with Crippen molar-refractivity contribution in [2.75, 3.05) is 6.61 Å². The van der Waals surface area contributed by atoms with Crippen LogP contribution in [0.15, 0.2) is 18.2 Å². The Morgan fingerprint density at radius 3 is 2.48 bits per heavy atom. The molecule has 0 aliphatic rings. The van der Waals surface area contributed by atoms with Crippen LogP contribution < -0.4 is 0 Å². The Hall–Kier alpha value is -1.31. The molecule has 0 amide bonds. The van der Waals surface area contributed by atoms with E-state index in [9.17, 15) is 28.2 Å². The Morgan fingerprint density at radius 1 is 1.38 bits per heavy atom. The van der Waals surface area contributed by atoms with Gasteiger partial charge in [-0.15, -0.1) is 0 Å². The van der Waals surface area contributed by atoms with Crippen LogP contribution in [0.5, 0.6) is 0 Å². The summed E-state index contributed by atoms with van der Waals surface area (Å²) >= 11 is 5.68. The van der Waals surface area contributed by atoms with E-state index in [-0.39, 0.29) is 17.2 Å². The Morgan fingerprint density at radius 2 is 2.00 bits per heavy atom. The van der Waals surface area contributed by atoms with E-state index in [4.69, 9.17) is 11.6 Å². The molecule has 0 aromatic heterocycles. The minimum absolute atomic E-state index is 0.0959. The van der Waals surface area contributed by atoms with Crippen molar-refractivity contribution in [3.63, 3.8) is 0 Å². The van der Waals surface area contributed by atoms with Gasteiger partial charge >= 0.3 is 12.1 Å². The first-order valence-corrected chi connectivity index (χ1v) is 6.43. The van der Waals surface area contributed by atoms with Crippen LogP contribution in [0.3, 0.4) is 0 Å². The maximum absolute atomic E-state index is 12.5. The van der Waals surface area contributed by atoms with Gasteiger partial charge in [-0.3, -0.25) is 4.79 Å². The molecule has 0 radical (unpaired) electrons. The van der Waals surface area contributed by atoms with Gasteiger partial charge in [0.05, 0.1) is 24.7 Å². The lowest BCUT2D eigenvalue weighted by Crippen LogP contribution is -2.23. The van der Waals surface area contributed by atoms with Gasteiger partial charge in [-0.1, -0.05) is 17.7 Å². The van der Waals surface area contributed by atoms with Crippen molar-refractivity contribution >= 4 is 17.6 Å². The summed E-state index contributed by atoms with van der Waals surface area (Å²) in [6.07, 6.45) is -8.18. The molecule has 2 atom stereocenters. The van der Waals surface area contributed by atoms with Gasteiger partial charge in [0.2, 0.25) is 0 Å². The minimum Gasteiger partial charge on any atom is -0.466 e. The van der Waals surface area contributed by atoms with Gasteiger partial charge in [0, 0.05) is 10.6 Å². The summed E-state index contributed by atoms with van der Waals surface area (Å²) in [5, 5.41) is 19.2. The zero-order valence-electron chi connectivity index (χ0n) is 11.0. The van der Waals surface area contributed by atoms with Crippen LogP contribution in [0.4, 0.5) is 13.2 Å². The molecule has 1 aromatic rings. The highest BCUT2D eigenvalue weighted by molar-refractivity contribution is 6.31. The molecule has 0 saturated carbocycles. The molecule has 0 heterocycles. The molecule has 2 unspecified atom stereocenters. The fourth-order valence-corrected chi connectivity index (χ4v) is 1.95. The molecule has 1 rings (SSSR count). The maximum Gasteiger partial charge on any atom is 0.416 e. The van der Waals surface area contributed by atoms with Gasteiger partial charge in [0.25, 0.3) is 0 Å². The smallest absolute Gasteiger partial charge is 0.416 e. The lowest BCUT2D eigenvalue weighted by Gasteiger charge is -2.19. The number of benzene rings is 1. The molecule has 0 saturated heterocycles. The number of ether oxygens (including phenoxy) is 1. The van der Waals surface area contributed by atoms with Crippen molar-refractivity contribution in [3.8, 4) is 0 Å². The Bertz CT molecular complexity index is 505. The molecule has 118 valence electrons. The molecule has 0 fully saturated rings. The summed E-state index contributed by atoms with van der Waals surface area (Å²) in [6, 6.07) is 2.35. The zero-order chi connectivity index (χ0) is 16.2. The van der Waals surface area contributed by atoms with Crippen molar-refractivity contribution in [1.29, 1.82) is 0 Å². The number of hydrogen-bond acceptors (Lipinski definition) is 4. The van der Waals surface area contributed by atoms with Gasteiger partial charge in [-0.2, -0.15) is 13.2 Å². The lowest BCUT2D eigenvalue weighted by molar-refractivity contribution is -0.147. The average Bonchev–Trinajstić information content (AvgIpc) is 2.36. The number of carbonyl (C=O) groups excluding carboxylic acids is 1. The monoisotopic (exact) mass is 326 g/mol. The van der Waals surface area contributed by atoms with E-state index >= 15 is 0 Å². The van der Waals surface area contributed by atoms with Crippen LogP contribution in [0.1, 0.15) is 30.6 Å². The standard InChI is InChI=1S/C13H14ClF3O4/c1-2-21-11(19)6-10(18)12(20)8-4-3-7(5-9(8)14)13(15,16)17/h3-5,10,12,18,20H,2,6H2,1H3. The quantitative estimate of drug-likeness (QED) is 0.816. The Kier molecular flexibility index (Phi) is 6.00. The molecule has 2 N–H and O–H groups in total. The summed E-state index contributed by atoms with van der Waals surface area (Å²) in [7, 11) is 0. The first kappa shape index (κ1) is 17.7. The van der Waals surface area contributed by atoms with E-state index in [2.05, 4.69) is 4.74 Å². The summed E-state index contributed by atoms with van der Waals surface area (Å²) in [4.78, 5) is 11.2. The van der Waals surface area contributed by atoms with Crippen LogP contribution in [-0.2, 0) is 15.7 Å². The lowest BCUT2D eigenvalue weighted by atomic mass is 10.0. The third-order valence-electron chi connectivity index (χ3n) is 2.69. The van der Waals surface area contributed by atoms with E-state index in [0.717, 1.165) is 12.1 Å². The Labute approximate surface area is 124 Å². The van der Waals surface area contributed by atoms with E-state index < -0.39 is 36.3 Å². The third kappa shape index (κ3) is 4.87. The number of alkyl halides is 3. The van der Waals surface area contributed by atoms with Crippen molar-refractivity contribution in [3.05, 3.63) is 34.3 Å². The molecule has 21 heavy (non-hydrogen) atoms. The first-order chi connectivity index (χ1) is 9.66. The van der Waals surface area contributed by atoms with Crippen molar-refractivity contribution in [1.82, 2.24) is 0 Å². The molecule has 1 aromatic carbocycles. The molecular formula is C13H14ClF3O4. The van der Waals surface area contributed by atoms with Crippen LogP contribution in [-0.4, -0.2) is 28.9 Å². The van der Waals surface area contributed by atoms with Gasteiger partial charge < -0.3 is 14.9 Å². The normalized spacial score (nSPS) is 14.6. The molecule has 0 bridgehead atoms. The molecule has 0 spiro atoms.